The highest BCUT2D eigenvalue weighted by molar-refractivity contribution is 5.87. The van der Waals surface area contributed by atoms with Crippen molar-refractivity contribution in [2.24, 2.45) is 5.92 Å². The van der Waals surface area contributed by atoms with Crippen LogP contribution in [0.15, 0.2) is 11.6 Å². The van der Waals surface area contributed by atoms with Crippen LogP contribution in [0.5, 0.6) is 0 Å². The molecule has 0 spiro atoms. The van der Waals surface area contributed by atoms with Crippen LogP contribution in [0, 0.1) is 5.92 Å². The van der Waals surface area contributed by atoms with Crippen LogP contribution < -0.4 is 0 Å². The van der Waals surface area contributed by atoms with Crippen LogP contribution in [0.3, 0.4) is 0 Å². The van der Waals surface area contributed by atoms with Crippen molar-refractivity contribution >= 4 is 5.97 Å². The van der Waals surface area contributed by atoms with Crippen molar-refractivity contribution in [3.63, 3.8) is 0 Å². The van der Waals surface area contributed by atoms with Crippen molar-refractivity contribution in [2.75, 3.05) is 19.7 Å². The molecule has 0 aliphatic carbocycles. The molecular weight excluding hydrogens is 218 g/mol. The van der Waals surface area contributed by atoms with E-state index in [9.17, 15) is 9.90 Å². The summed E-state index contributed by atoms with van der Waals surface area (Å²) >= 11 is 0. The highest BCUT2D eigenvalue weighted by Gasteiger charge is 2.45. The summed E-state index contributed by atoms with van der Waals surface area (Å²) in [5, 5.41) is 9.46. The minimum atomic E-state index is -0.253. The van der Waals surface area contributed by atoms with Crippen LogP contribution in [-0.4, -0.2) is 47.8 Å². The third-order valence-electron chi connectivity index (χ3n) is 4.02. The molecule has 96 valence electrons. The summed E-state index contributed by atoms with van der Waals surface area (Å²) in [5.41, 5.74) is 0.633. The quantitative estimate of drug-likeness (QED) is 0.588. The molecule has 2 aliphatic rings. The Hall–Kier alpha value is -0.870. The van der Waals surface area contributed by atoms with Gasteiger partial charge in [-0.3, -0.25) is 4.90 Å². The van der Waals surface area contributed by atoms with E-state index in [2.05, 4.69) is 4.90 Å². The van der Waals surface area contributed by atoms with Gasteiger partial charge in [-0.1, -0.05) is 6.08 Å². The second kappa shape index (κ2) is 5.19. The number of ether oxygens (including phenoxy) is 1. The van der Waals surface area contributed by atoms with E-state index in [0.717, 1.165) is 19.5 Å². The van der Waals surface area contributed by atoms with Crippen molar-refractivity contribution in [1.82, 2.24) is 4.90 Å². The number of carbonyl (C=O) groups is 1. The fourth-order valence-corrected chi connectivity index (χ4v) is 2.89. The number of aliphatic hydroxyl groups is 1. The maximum atomic E-state index is 11.7. The van der Waals surface area contributed by atoms with Crippen molar-refractivity contribution in [1.29, 1.82) is 0 Å². The largest absolute Gasteiger partial charge is 0.457 e. The first-order valence-corrected chi connectivity index (χ1v) is 6.36. The van der Waals surface area contributed by atoms with Crippen molar-refractivity contribution in [3.05, 3.63) is 11.6 Å². The molecular formula is C13H21NO3. The molecule has 3 atom stereocenters. The molecule has 0 aromatic rings. The average Bonchev–Trinajstić information content (AvgIpc) is 2.87. The number of nitrogens with zero attached hydrogens (tertiary/aromatic N) is 1. The van der Waals surface area contributed by atoms with Crippen LogP contribution in [0.2, 0.25) is 0 Å². The van der Waals surface area contributed by atoms with E-state index in [1.165, 1.54) is 6.42 Å². The van der Waals surface area contributed by atoms with Crippen LogP contribution in [0.25, 0.3) is 0 Å². The SMILES string of the molecule is CC=C(C)C(=O)OC1CN2CCCC2C1CO. The average molecular weight is 239 g/mol. The number of esters is 1. The van der Waals surface area contributed by atoms with Gasteiger partial charge in [0.05, 0.1) is 6.61 Å². The van der Waals surface area contributed by atoms with Gasteiger partial charge in [0.15, 0.2) is 0 Å². The first-order chi connectivity index (χ1) is 8.17. The Bertz CT molecular complexity index is 327. The van der Waals surface area contributed by atoms with Crippen LogP contribution in [0.1, 0.15) is 26.7 Å². The number of hydrogen-bond donors (Lipinski definition) is 1. The molecule has 2 rings (SSSR count). The summed E-state index contributed by atoms with van der Waals surface area (Å²) in [4.78, 5) is 14.1. The lowest BCUT2D eigenvalue weighted by molar-refractivity contribution is -0.146. The second-order valence-corrected chi connectivity index (χ2v) is 4.97. The first-order valence-electron chi connectivity index (χ1n) is 6.36. The summed E-state index contributed by atoms with van der Waals surface area (Å²) in [6.07, 6.45) is 3.91. The van der Waals surface area contributed by atoms with Gasteiger partial charge in [0.2, 0.25) is 0 Å². The predicted molar refractivity (Wildman–Crippen MR) is 64.5 cm³/mol. The zero-order valence-corrected chi connectivity index (χ0v) is 10.6. The van der Waals surface area contributed by atoms with Crippen molar-refractivity contribution < 1.29 is 14.6 Å². The Morgan fingerprint density at radius 3 is 3.00 bits per heavy atom. The van der Waals surface area contributed by atoms with Gasteiger partial charge in [0.1, 0.15) is 6.10 Å². The summed E-state index contributed by atoms with van der Waals surface area (Å²) in [7, 11) is 0. The fourth-order valence-electron chi connectivity index (χ4n) is 2.89. The molecule has 2 heterocycles. The molecule has 2 fully saturated rings. The third kappa shape index (κ3) is 2.38. The van der Waals surface area contributed by atoms with Gasteiger partial charge in [-0.25, -0.2) is 4.79 Å². The van der Waals surface area contributed by atoms with Gasteiger partial charge in [-0.15, -0.1) is 0 Å². The Morgan fingerprint density at radius 2 is 2.35 bits per heavy atom. The molecule has 0 bridgehead atoms. The molecule has 3 unspecified atom stereocenters. The molecule has 0 radical (unpaired) electrons. The minimum absolute atomic E-state index is 0.0890. The molecule has 4 nitrogen and oxygen atoms in total. The van der Waals surface area contributed by atoms with E-state index >= 15 is 0 Å². The van der Waals surface area contributed by atoms with Crippen LogP contribution >= 0.6 is 0 Å². The Labute approximate surface area is 102 Å². The number of carbonyl (C=O) groups excluding carboxylic acids is 1. The van der Waals surface area contributed by atoms with Crippen LogP contribution in [0.4, 0.5) is 0 Å². The zero-order valence-electron chi connectivity index (χ0n) is 10.6. The topological polar surface area (TPSA) is 49.8 Å². The minimum Gasteiger partial charge on any atom is -0.457 e. The molecule has 4 heteroatoms. The Kier molecular flexibility index (Phi) is 3.84. The molecule has 2 saturated heterocycles. The van der Waals surface area contributed by atoms with Gasteiger partial charge in [-0.2, -0.15) is 0 Å². The van der Waals surface area contributed by atoms with E-state index in [-0.39, 0.29) is 24.6 Å². The van der Waals surface area contributed by atoms with E-state index in [0.29, 0.717) is 11.6 Å². The van der Waals surface area contributed by atoms with Crippen LogP contribution in [-0.2, 0) is 9.53 Å². The van der Waals surface area contributed by atoms with Crippen molar-refractivity contribution in [2.45, 2.75) is 38.8 Å². The number of rotatable bonds is 3. The summed E-state index contributed by atoms with van der Waals surface area (Å²) in [5.74, 6) is -0.164. The molecule has 1 N–H and O–H groups in total. The zero-order chi connectivity index (χ0) is 12.4. The van der Waals surface area contributed by atoms with E-state index < -0.39 is 0 Å². The smallest absolute Gasteiger partial charge is 0.333 e. The fraction of sp³-hybridized carbons (Fsp3) is 0.769. The summed E-state index contributed by atoms with van der Waals surface area (Å²) in [6, 6.07) is 0.406. The van der Waals surface area contributed by atoms with Gasteiger partial charge < -0.3 is 9.84 Å². The molecule has 17 heavy (non-hydrogen) atoms. The maximum Gasteiger partial charge on any atom is 0.333 e. The highest BCUT2D eigenvalue weighted by atomic mass is 16.5. The molecule has 0 amide bonds. The second-order valence-electron chi connectivity index (χ2n) is 4.97. The Morgan fingerprint density at radius 1 is 1.59 bits per heavy atom. The lowest BCUT2D eigenvalue weighted by atomic mass is 9.97. The summed E-state index contributed by atoms with van der Waals surface area (Å²) in [6.45, 7) is 5.53. The lowest BCUT2D eigenvalue weighted by Crippen LogP contribution is -2.31. The normalized spacial score (nSPS) is 33.8. The lowest BCUT2D eigenvalue weighted by Gasteiger charge is -2.21. The number of allylic oxidation sites excluding steroid dienone is 1. The molecule has 2 aliphatic heterocycles. The number of fused-ring (bicyclic) bond motifs is 1. The van der Waals surface area contributed by atoms with E-state index in [4.69, 9.17) is 4.74 Å². The molecule has 0 aromatic heterocycles. The van der Waals surface area contributed by atoms with Crippen molar-refractivity contribution in [3.8, 4) is 0 Å². The van der Waals surface area contributed by atoms with Gasteiger partial charge in [0, 0.05) is 24.1 Å². The third-order valence-corrected chi connectivity index (χ3v) is 4.02. The maximum absolute atomic E-state index is 11.7. The monoisotopic (exact) mass is 239 g/mol. The first kappa shape index (κ1) is 12.6. The van der Waals surface area contributed by atoms with E-state index in [1.807, 2.05) is 6.92 Å². The summed E-state index contributed by atoms with van der Waals surface area (Å²) < 4.78 is 5.50. The van der Waals surface area contributed by atoms with Gasteiger partial charge in [0.25, 0.3) is 0 Å². The highest BCUT2D eigenvalue weighted by Crippen LogP contribution is 2.34. The number of hydrogen-bond acceptors (Lipinski definition) is 4. The van der Waals surface area contributed by atoms with E-state index in [1.54, 1.807) is 13.0 Å². The molecule has 0 saturated carbocycles. The van der Waals surface area contributed by atoms with Gasteiger partial charge in [-0.05, 0) is 33.2 Å². The standard InChI is InChI=1S/C13H21NO3/c1-3-9(2)13(16)17-12-7-14-6-4-5-11(14)10(12)8-15/h3,10-12,15H,4-8H2,1-2H3. The Balaban J connectivity index is 2.00. The molecule has 0 aromatic carbocycles. The number of aliphatic hydroxyl groups excluding tert-OH is 1. The predicted octanol–water partition coefficient (Wildman–Crippen LogP) is 0.951. The van der Waals surface area contributed by atoms with Gasteiger partial charge >= 0.3 is 5.97 Å².